The van der Waals surface area contributed by atoms with Crippen LogP contribution in [-0.2, 0) is 15.6 Å². The molecule has 0 atom stereocenters. The lowest BCUT2D eigenvalue weighted by Gasteiger charge is -2.30. The number of allylic oxidation sites excluding steroid dienone is 2. The smallest absolute Gasteiger partial charge is 0.328 e. The Hall–Kier alpha value is -2.95. The molecule has 0 bridgehead atoms. The van der Waals surface area contributed by atoms with Crippen molar-refractivity contribution in [3.8, 4) is 16.9 Å². The van der Waals surface area contributed by atoms with Gasteiger partial charge < -0.3 is 9.84 Å². The predicted octanol–water partition coefficient (Wildman–Crippen LogP) is 7.64. The first-order valence-electron chi connectivity index (χ1n) is 11.0. The van der Waals surface area contributed by atoms with Crippen molar-refractivity contribution >= 4 is 12.0 Å². The number of aliphatic carboxylic acids is 1. The molecule has 3 nitrogen and oxygen atoms in total. The number of carboxylic acids is 1. The molecule has 0 aliphatic carbocycles. The van der Waals surface area contributed by atoms with Crippen molar-refractivity contribution < 1.29 is 23.4 Å². The van der Waals surface area contributed by atoms with E-state index in [2.05, 4.69) is 26.8 Å². The van der Waals surface area contributed by atoms with Crippen LogP contribution < -0.4 is 4.74 Å². The second-order valence-corrected chi connectivity index (χ2v) is 10.2. The summed E-state index contributed by atoms with van der Waals surface area (Å²) in [6.07, 6.45) is 2.10. The Morgan fingerprint density at radius 1 is 1.03 bits per heavy atom. The summed E-state index contributed by atoms with van der Waals surface area (Å²) in [6.45, 7) is 13.5. The third-order valence-corrected chi connectivity index (χ3v) is 5.24. The molecule has 0 heterocycles. The minimum Gasteiger partial charge on any atom is -0.487 e. The molecule has 0 unspecified atom stereocenters. The Morgan fingerprint density at radius 3 is 2.21 bits per heavy atom. The van der Waals surface area contributed by atoms with E-state index in [1.807, 2.05) is 57.2 Å². The van der Waals surface area contributed by atoms with Crippen molar-refractivity contribution in [1.29, 1.82) is 0 Å². The van der Waals surface area contributed by atoms with E-state index in [1.54, 1.807) is 13.0 Å². The highest BCUT2D eigenvalue weighted by Crippen LogP contribution is 2.44. The normalized spacial score (nSPS) is 13.1. The summed E-state index contributed by atoms with van der Waals surface area (Å²) in [5.41, 5.74) is 4.44. The molecule has 0 aliphatic heterocycles. The summed E-state index contributed by atoms with van der Waals surface area (Å²) in [7, 11) is 0. The summed E-state index contributed by atoms with van der Waals surface area (Å²) >= 11 is 0. The molecular weight excluding hydrogens is 422 g/mol. The van der Waals surface area contributed by atoms with Crippen LogP contribution >= 0.6 is 0 Å². The Bertz CT molecular complexity index is 1050. The van der Waals surface area contributed by atoms with Gasteiger partial charge in [-0.3, -0.25) is 0 Å². The van der Waals surface area contributed by atoms with Crippen molar-refractivity contribution in [2.45, 2.75) is 65.7 Å². The predicted molar refractivity (Wildman–Crippen MR) is 131 cm³/mol. The van der Waals surface area contributed by atoms with Crippen LogP contribution in [-0.4, -0.2) is 24.1 Å². The van der Waals surface area contributed by atoms with Gasteiger partial charge in [-0.1, -0.05) is 84.0 Å². The topological polar surface area (TPSA) is 46.5 Å². The number of alkyl halides is 2. The Balaban J connectivity index is 2.82. The average Bonchev–Trinajstić information content (AvgIpc) is 2.68. The van der Waals surface area contributed by atoms with Gasteiger partial charge in [0.2, 0.25) is 0 Å². The zero-order valence-electron chi connectivity index (χ0n) is 20.5. The van der Waals surface area contributed by atoms with Crippen molar-refractivity contribution in [3.63, 3.8) is 0 Å². The summed E-state index contributed by atoms with van der Waals surface area (Å²) in [6, 6.07) is 11.7. The molecule has 0 saturated carbocycles. The van der Waals surface area contributed by atoms with Gasteiger partial charge in [-0.05, 0) is 46.1 Å². The first-order chi connectivity index (χ1) is 15.2. The molecule has 0 spiro atoms. The number of carbonyl (C=O) groups is 1. The maximum atomic E-state index is 13.2. The van der Waals surface area contributed by atoms with E-state index in [-0.39, 0.29) is 10.8 Å². The fourth-order valence-electron chi connectivity index (χ4n) is 3.47. The van der Waals surface area contributed by atoms with Crippen molar-refractivity contribution in [2.24, 2.45) is 0 Å². The molecule has 2 aromatic carbocycles. The third kappa shape index (κ3) is 7.28. The number of hydrogen-bond acceptors (Lipinski definition) is 2. The lowest BCUT2D eigenvalue weighted by atomic mass is 9.77. The maximum Gasteiger partial charge on any atom is 0.328 e. The summed E-state index contributed by atoms with van der Waals surface area (Å²) in [5, 5.41) is 8.98. The molecule has 2 aromatic rings. The minimum atomic E-state index is -2.59. The fraction of sp³-hybridized carbons (Fsp3) is 0.393. The third-order valence-electron chi connectivity index (χ3n) is 5.24. The molecule has 0 saturated heterocycles. The van der Waals surface area contributed by atoms with Crippen LogP contribution in [0, 0.1) is 0 Å². The molecule has 0 aromatic heterocycles. The van der Waals surface area contributed by atoms with Crippen LogP contribution in [0.25, 0.3) is 17.2 Å². The SMILES string of the molecule is CC(/C=C/c1ccccc1-c1cc(C(C)(C)C)cc(C(C)(C)C)c1OCC(F)F)=C\C(=O)O. The van der Waals surface area contributed by atoms with Gasteiger partial charge in [0, 0.05) is 17.2 Å². The van der Waals surface area contributed by atoms with Crippen LogP contribution in [0.4, 0.5) is 8.78 Å². The second-order valence-electron chi connectivity index (χ2n) is 10.2. The first kappa shape index (κ1) is 26.3. The van der Waals surface area contributed by atoms with Gasteiger partial charge in [0.05, 0.1) is 0 Å². The lowest BCUT2D eigenvalue weighted by Crippen LogP contribution is -2.20. The van der Waals surface area contributed by atoms with E-state index in [1.165, 1.54) is 0 Å². The summed E-state index contributed by atoms with van der Waals surface area (Å²) < 4.78 is 32.1. The number of ether oxygens (including phenoxy) is 1. The van der Waals surface area contributed by atoms with E-state index < -0.39 is 19.0 Å². The summed E-state index contributed by atoms with van der Waals surface area (Å²) in [4.78, 5) is 11.0. The quantitative estimate of drug-likeness (QED) is 0.344. The average molecular weight is 457 g/mol. The van der Waals surface area contributed by atoms with Crippen LogP contribution in [0.2, 0.25) is 0 Å². The Labute approximate surface area is 195 Å². The zero-order chi connectivity index (χ0) is 25.0. The second kappa shape index (κ2) is 10.3. The van der Waals surface area contributed by atoms with Gasteiger partial charge in [0.25, 0.3) is 6.43 Å². The number of halogens is 2. The first-order valence-corrected chi connectivity index (χ1v) is 11.0. The van der Waals surface area contributed by atoms with Crippen molar-refractivity contribution in [2.75, 3.05) is 6.61 Å². The number of benzene rings is 2. The fourth-order valence-corrected chi connectivity index (χ4v) is 3.47. The highest BCUT2D eigenvalue weighted by molar-refractivity contribution is 5.83. The van der Waals surface area contributed by atoms with Gasteiger partial charge >= 0.3 is 5.97 Å². The molecule has 5 heteroatoms. The van der Waals surface area contributed by atoms with Crippen LogP contribution in [0.3, 0.4) is 0 Å². The van der Waals surface area contributed by atoms with E-state index in [4.69, 9.17) is 9.84 Å². The van der Waals surface area contributed by atoms with Gasteiger partial charge in [-0.25, -0.2) is 13.6 Å². The highest BCUT2D eigenvalue weighted by Gasteiger charge is 2.27. The largest absolute Gasteiger partial charge is 0.487 e. The zero-order valence-corrected chi connectivity index (χ0v) is 20.5. The standard InChI is InChI=1S/C28H34F2O3/c1-18(14-25(31)32)12-13-19-10-8-9-11-21(19)22-15-20(27(2,3)4)16-23(28(5,6)7)26(22)33-17-24(29)30/h8-16,24H,17H2,1-7H3,(H,31,32)/b13-12+,18-14+. The van der Waals surface area contributed by atoms with Crippen molar-refractivity contribution in [3.05, 3.63) is 70.8 Å². The molecule has 33 heavy (non-hydrogen) atoms. The van der Waals surface area contributed by atoms with Crippen molar-refractivity contribution in [1.82, 2.24) is 0 Å². The molecule has 1 N–H and O–H groups in total. The van der Waals surface area contributed by atoms with E-state index in [0.29, 0.717) is 11.3 Å². The molecule has 0 fully saturated rings. The highest BCUT2D eigenvalue weighted by atomic mass is 19.3. The maximum absolute atomic E-state index is 13.2. The number of carboxylic acid groups (broad SMARTS) is 1. The van der Waals surface area contributed by atoms with E-state index in [0.717, 1.165) is 33.9 Å². The molecule has 0 aliphatic rings. The number of rotatable bonds is 7. The molecule has 0 amide bonds. The van der Waals surface area contributed by atoms with Crippen LogP contribution in [0.15, 0.2) is 54.1 Å². The summed E-state index contributed by atoms with van der Waals surface area (Å²) in [5.74, 6) is -0.560. The van der Waals surface area contributed by atoms with Gasteiger partial charge in [-0.2, -0.15) is 0 Å². The molecule has 2 rings (SSSR count). The van der Waals surface area contributed by atoms with E-state index in [9.17, 15) is 13.6 Å². The van der Waals surface area contributed by atoms with E-state index >= 15 is 0 Å². The minimum absolute atomic E-state index is 0.165. The van der Waals surface area contributed by atoms with Gasteiger partial charge in [0.15, 0.2) is 0 Å². The number of hydrogen-bond donors (Lipinski definition) is 1. The molecule has 0 radical (unpaired) electrons. The van der Waals surface area contributed by atoms with Crippen LogP contribution in [0.5, 0.6) is 5.75 Å². The van der Waals surface area contributed by atoms with Gasteiger partial charge in [-0.15, -0.1) is 0 Å². The molecular formula is C28H34F2O3. The lowest BCUT2D eigenvalue weighted by molar-refractivity contribution is -0.131. The monoisotopic (exact) mass is 456 g/mol. The molecule has 178 valence electrons. The van der Waals surface area contributed by atoms with Gasteiger partial charge in [0.1, 0.15) is 12.4 Å². The van der Waals surface area contributed by atoms with Crippen LogP contribution in [0.1, 0.15) is 65.2 Å². The Kier molecular flexibility index (Phi) is 8.23. The Morgan fingerprint density at radius 2 is 1.67 bits per heavy atom.